The molecule has 2 nitrogen and oxygen atoms in total. The lowest BCUT2D eigenvalue weighted by molar-refractivity contribution is -0.162. The third-order valence-electron chi connectivity index (χ3n) is 5.31. The minimum atomic E-state index is -0.267. The standard InChI is InChI=1S/C13H20Br3NO/c1-7(2)17-10(18)13-6-5-12(8(13)14,9(15)16)11(13,3)4/h7-9H,5-6H2,1-4H3,(H,17,18)/t8-,12+,13-/m0/s1. The average Bonchev–Trinajstić information content (AvgIpc) is 2.66. The Balaban J connectivity index is 2.36. The molecule has 0 spiro atoms. The van der Waals surface area contributed by atoms with E-state index in [1.807, 2.05) is 13.8 Å². The summed E-state index contributed by atoms with van der Waals surface area (Å²) < 4.78 is 0.236. The summed E-state index contributed by atoms with van der Waals surface area (Å²) in [6.45, 7) is 8.49. The van der Waals surface area contributed by atoms with E-state index in [9.17, 15) is 4.79 Å². The number of hydrogen-bond donors (Lipinski definition) is 1. The Bertz CT molecular complexity index is 382. The van der Waals surface area contributed by atoms with E-state index in [1.165, 1.54) is 0 Å². The Morgan fingerprint density at radius 3 is 2.17 bits per heavy atom. The summed E-state index contributed by atoms with van der Waals surface area (Å²) in [7, 11) is 0. The van der Waals surface area contributed by atoms with Crippen molar-refractivity contribution in [1.82, 2.24) is 5.32 Å². The molecular formula is C13H20Br3NO. The van der Waals surface area contributed by atoms with Gasteiger partial charge in [-0.05, 0) is 32.1 Å². The fraction of sp³-hybridized carbons (Fsp3) is 0.923. The van der Waals surface area contributed by atoms with Gasteiger partial charge in [-0.1, -0.05) is 61.6 Å². The van der Waals surface area contributed by atoms with Crippen LogP contribution in [0.3, 0.4) is 0 Å². The number of alkyl halides is 3. The van der Waals surface area contributed by atoms with Gasteiger partial charge in [0.2, 0.25) is 5.91 Å². The predicted molar refractivity (Wildman–Crippen MR) is 85.5 cm³/mol. The molecule has 1 N–H and O–H groups in total. The van der Waals surface area contributed by atoms with Crippen molar-refractivity contribution in [3.63, 3.8) is 0 Å². The van der Waals surface area contributed by atoms with Crippen LogP contribution in [0.25, 0.3) is 0 Å². The molecule has 0 aromatic heterocycles. The van der Waals surface area contributed by atoms with Crippen molar-refractivity contribution >= 4 is 53.7 Å². The zero-order chi connectivity index (χ0) is 13.9. The van der Waals surface area contributed by atoms with Crippen LogP contribution in [0.1, 0.15) is 40.5 Å². The van der Waals surface area contributed by atoms with Crippen LogP contribution in [0, 0.1) is 16.2 Å². The summed E-state index contributed by atoms with van der Waals surface area (Å²) in [6.07, 6.45) is 2.03. The second-order valence-electron chi connectivity index (χ2n) is 6.43. The largest absolute Gasteiger partial charge is 0.353 e. The number of hydrogen-bond acceptors (Lipinski definition) is 1. The normalized spacial score (nSPS) is 41.1. The number of nitrogens with one attached hydrogen (secondary N) is 1. The maximum absolute atomic E-state index is 12.6. The predicted octanol–water partition coefficient (Wildman–Crippen LogP) is 4.20. The SMILES string of the molecule is CC(C)NC(=O)[C@]12CC[C@](C(Br)Br)([C@@H]1Br)C2(C)C. The van der Waals surface area contributed by atoms with Gasteiger partial charge in [-0.25, -0.2) is 0 Å². The van der Waals surface area contributed by atoms with E-state index in [-0.39, 0.29) is 36.8 Å². The molecule has 0 aromatic rings. The third kappa shape index (κ3) is 1.47. The number of carbonyl (C=O) groups excluding carboxylic acids is 1. The Morgan fingerprint density at radius 1 is 1.28 bits per heavy atom. The number of amides is 1. The van der Waals surface area contributed by atoms with E-state index < -0.39 is 0 Å². The van der Waals surface area contributed by atoms with Crippen molar-refractivity contribution in [2.24, 2.45) is 16.2 Å². The molecular weight excluding hydrogens is 426 g/mol. The highest BCUT2D eigenvalue weighted by Gasteiger charge is 2.83. The lowest BCUT2D eigenvalue weighted by Crippen LogP contribution is -2.72. The molecule has 5 heteroatoms. The monoisotopic (exact) mass is 443 g/mol. The Kier molecular flexibility index (Phi) is 3.79. The van der Waals surface area contributed by atoms with Crippen LogP contribution in [0.15, 0.2) is 0 Å². The van der Waals surface area contributed by atoms with Crippen molar-refractivity contribution < 1.29 is 4.79 Å². The van der Waals surface area contributed by atoms with E-state index in [0.29, 0.717) is 0 Å². The summed E-state index contributed by atoms with van der Waals surface area (Å²) in [4.78, 5) is 12.9. The second kappa shape index (κ2) is 4.45. The Morgan fingerprint density at radius 2 is 1.83 bits per heavy atom. The molecule has 0 saturated heterocycles. The summed E-state index contributed by atoms with van der Waals surface area (Å²) in [5.41, 5.74) is -0.164. The van der Waals surface area contributed by atoms with E-state index in [0.717, 1.165) is 12.8 Å². The van der Waals surface area contributed by atoms with Crippen molar-refractivity contribution in [2.75, 3.05) is 0 Å². The fourth-order valence-electron chi connectivity index (χ4n) is 4.09. The van der Waals surface area contributed by atoms with Crippen molar-refractivity contribution in [3.05, 3.63) is 0 Å². The molecule has 104 valence electrons. The molecule has 3 atom stereocenters. The lowest BCUT2D eigenvalue weighted by Gasteiger charge is -2.66. The summed E-state index contributed by atoms with van der Waals surface area (Å²) in [6, 6.07) is 0.196. The molecule has 3 aliphatic rings. The first kappa shape index (κ1) is 15.3. The first-order valence-electron chi connectivity index (χ1n) is 6.38. The number of halogens is 3. The molecule has 3 aliphatic carbocycles. The minimum absolute atomic E-state index is 0.00912. The van der Waals surface area contributed by atoms with Gasteiger partial charge >= 0.3 is 0 Å². The lowest BCUT2D eigenvalue weighted by atomic mass is 9.43. The third-order valence-corrected chi connectivity index (χ3v) is 8.54. The average molecular weight is 446 g/mol. The van der Waals surface area contributed by atoms with Gasteiger partial charge in [0.1, 0.15) is 0 Å². The highest BCUT2D eigenvalue weighted by molar-refractivity contribution is 9.24. The van der Waals surface area contributed by atoms with E-state index in [4.69, 9.17) is 0 Å². The van der Waals surface area contributed by atoms with Crippen LogP contribution in [0.4, 0.5) is 0 Å². The molecule has 0 aliphatic heterocycles. The van der Waals surface area contributed by atoms with Crippen LogP contribution in [-0.2, 0) is 4.79 Å². The molecule has 0 heterocycles. The summed E-state index contributed by atoms with van der Waals surface area (Å²) in [5, 5.41) is 3.11. The smallest absolute Gasteiger partial charge is 0.228 e. The summed E-state index contributed by atoms with van der Waals surface area (Å²) in [5.74, 6) is 0.207. The topological polar surface area (TPSA) is 29.1 Å². The van der Waals surface area contributed by atoms with Crippen molar-refractivity contribution in [1.29, 1.82) is 0 Å². The molecule has 1 amide bonds. The molecule has 3 rings (SSSR count). The number of rotatable bonds is 3. The van der Waals surface area contributed by atoms with Gasteiger partial charge in [0.05, 0.1) is 9.15 Å². The van der Waals surface area contributed by atoms with Crippen LogP contribution in [-0.4, -0.2) is 20.5 Å². The van der Waals surface area contributed by atoms with Crippen LogP contribution in [0.5, 0.6) is 0 Å². The molecule has 18 heavy (non-hydrogen) atoms. The molecule has 2 bridgehead atoms. The van der Waals surface area contributed by atoms with E-state index in [1.54, 1.807) is 0 Å². The first-order chi connectivity index (χ1) is 8.14. The van der Waals surface area contributed by atoms with Crippen LogP contribution >= 0.6 is 47.8 Å². The zero-order valence-electron chi connectivity index (χ0n) is 11.2. The van der Waals surface area contributed by atoms with Gasteiger partial charge < -0.3 is 5.32 Å². The van der Waals surface area contributed by atoms with Crippen molar-refractivity contribution in [2.45, 2.75) is 55.1 Å². The number of fused-ring (bicyclic) bond motifs is 1. The Hall–Kier alpha value is 0.910. The van der Waals surface area contributed by atoms with Gasteiger partial charge in [0.25, 0.3) is 0 Å². The quantitative estimate of drug-likeness (QED) is 0.648. The number of carbonyl (C=O) groups is 1. The maximum atomic E-state index is 12.6. The molecule has 3 saturated carbocycles. The minimum Gasteiger partial charge on any atom is -0.353 e. The van der Waals surface area contributed by atoms with Crippen LogP contribution < -0.4 is 5.32 Å². The zero-order valence-corrected chi connectivity index (χ0v) is 15.9. The molecule has 0 aromatic carbocycles. The van der Waals surface area contributed by atoms with Gasteiger partial charge in [-0.3, -0.25) is 4.79 Å². The fourth-order valence-corrected chi connectivity index (χ4v) is 9.00. The maximum Gasteiger partial charge on any atom is 0.228 e. The van der Waals surface area contributed by atoms with Gasteiger partial charge in [-0.2, -0.15) is 0 Å². The second-order valence-corrected chi connectivity index (χ2v) is 10.4. The highest BCUT2D eigenvalue weighted by atomic mass is 79.9. The molecule has 3 fully saturated rings. The van der Waals surface area contributed by atoms with Gasteiger partial charge in [-0.15, -0.1) is 0 Å². The van der Waals surface area contributed by atoms with Crippen molar-refractivity contribution in [3.8, 4) is 0 Å². The Labute approximate surface area is 134 Å². The van der Waals surface area contributed by atoms with Gasteiger partial charge in [0, 0.05) is 16.3 Å². The molecule has 0 radical (unpaired) electrons. The van der Waals surface area contributed by atoms with Gasteiger partial charge in [0.15, 0.2) is 0 Å². The highest BCUT2D eigenvalue weighted by Crippen LogP contribution is 2.82. The summed E-state index contributed by atoms with van der Waals surface area (Å²) >= 11 is 11.2. The van der Waals surface area contributed by atoms with Crippen LogP contribution in [0.2, 0.25) is 0 Å². The van der Waals surface area contributed by atoms with E-state index in [2.05, 4.69) is 67.0 Å². The molecule has 0 unspecified atom stereocenters. The first-order valence-corrected chi connectivity index (χ1v) is 9.12. The van der Waals surface area contributed by atoms with E-state index >= 15 is 0 Å².